The van der Waals surface area contributed by atoms with Crippen LogP contribution in [0, 0.1) is 16.7 Å². The van der Waals surface area contributed by atoms with E-state index in [1.165, 1.54) is 0 Å². The molecule has 0 N–H and O–H groups in total. The lowest BCUT2D eigenvalue weighted by Crippen LogP contribution is -2.48. The summed E-state index contributed by atoms with van der Waals surface area (Å²) in [4.78, 5) is 14.3. The van der Waals surface area contributed by atoms with Gasteiger partial charge in [0.25, 0.3) is 0 Å². The summed E-state index contributed by atoms with van der Waals surface area (Å²) in [5.74, 6) is 0.703. The first-order valence-electron chi connectivity index (χ1n) is 6.87. The number of ether oxygens (including phenoxy) is 1. The zero-order valence-corrected chi connectivity index (χ0v) is 13.0. The van der Waals surface area contributed by atoms with Crippen LogP contribution in [0.1, 0.15) is 48.0 Å². The standard InChI is InChI=1S/C15H29NO2/c1-14(2,3)11-10-12(17)16(8-9-18-7)13(11)15(4,5)6/h11,13H,8-10H2,1-7H3. The molecular formula is C15H29NO2. The van der Waals surface area contributed by atoms with Crippen molar-refractivity contribution in [1.82, 2.24) is 4.90 Å². The summed E-state index contributed by atoms with van der Waals surface area (Å²) in [5.41, 5.74) is 0.271. The highest BCUT2D eigenvalue weighted by atomic mass is 16.5. The van der Waals surface area contributed by atoms with Gasteiger partial charge in [0.15, 0.2) is 0 Å². The van der Waals surface area contributed by atoms with Gasteiger partial charge in [-0.05, 0) is 16.7 Å². The molecule has 0 aromatic heterocycles. The first-order chi connectivity index (χ1) is 8.09. The molecule has 0 radical (unpaired) electrons. The number of methoxy groups -OCH3 is 1. The zero-order valence-electron chi connectivity index (χ0n) is 13.0. The van der Waals surface area contributed by atoms with Crippen LogP contribution >= 0.6 is 0 Å². The molecule has 1 rings (SSSR count). The fraction of sp³-hybridized carbons (Fsp3) is 0.933. The van der Waals surface area contributed by atoms with Crippen LogP contribution in [0.4, 0.5) is 0 Å². The maximum Gasteiger partial charge on any atom is 0.223 e. The molecule has 18 heavy (non-hydrogen) atoms. The maximum absolute atomic E-state index is 12.3. The molecule has 0 spiro atoms. The highest BCUT2D eigenvalue weighted by Crippen LogP contribution is 2.45. The van der Waals surface area contributed by atoms with E-state index in [-0.39, 0.29) is 16.7 Å². The van der Waals surface area contributed by atoms with Gasteiger partial charge in [-0.25, -0.2) is 0 Å². The fourth-order valence-electron chi connectivity index (χ4n) is 3.09. The van der Waals surface area contributed by atoms with Crippen molar-refractivity contribution < 1.29 is 9.53 Å². The van der Waals surface area contributed by atoms with E-state index < -0.39 is 0 Å². The lowest BCUT2D eigenvalue weighted by Gasteiger charge is -2.42. The van der Waals surface area contributed by atoms with Gasteiger partial charge in [0.1, 0.15) is 0 Å². The second-order valence-corrected chi connectivity index (χ2v) is 7.57. The van der Waals surface area contributed by atoms with E-state index in [1.807, 2.05) is 4.90 Å². The minimum absolute atomic E-state index is 0.109. The minimum Gasteiger partial charge on any atom is -0.383 e. The Hall–Kier alpha value is -0.570. The van der Waals surface area contributed by atoms with E-state index in [4.69, 9.17) is 4.74 Å². The Bertz CT molecular complexity index is 299. The molecular weight excluding hydrogens is 226 g/mol. The van der Waals surface area contributed by atoms with Crippen molar-refractivity contribution in [3.63, 3.8) is 0 Å². The molecule has 3 nitrogen and oxygen atoms in total. The quantitative estimate of drug-likeness (QED) is 0.776. The van der Waals surface area contributed by atoms with E-state index in [9.17, 15) is 4.79 Å². The van der Waals surface area contributed by atoms with Crippen molar-refractivity contribution in [3.8, 4) is 0 Å². The monoisotopic (exact) mass is 255 g/mol. The van der Waals surface area contributed by atoms with Crippen molar-refractivity contribution in [1.29, 1.82) is 0 Å². The predicted molar refractivity (Wildman–Crippen MR) is 74.4 cm³/mol. The number of amides is 1. The summed E-state index contributed by atoms with van der Waals surface area (Å²) in [7, 11) is 1.69. The van der Waals surface area contributed by atoms with Crippen LogP contribution in [-0.4, -0.2) is 37.1 Å². The van der Waals surface area contributed by atoms with Crippen LogP contribution in [0.25, 0.3) is 0 Å². The van der Waals surface area contributed by atoms with E-state index in [2.05, 4.69) is 41.5 Å². The highest BCUT2D eigenvalue weighted by Gasteiger charge is 2.49. The van der Waals surface area contributed by atoms with Crippen LogP contribution < -0.4 is 0 Å². The maximum atomic E-state index is 12.3. The summed E-state index contributed by atoms with van der Waals surface area (Å²) < 4.78 is 5.14. The predicted octanol–water partition coefficient (Wildman–Crippen LogP) is 2.94. The van der Waals surface area contributed by atoms with Gasteiger partial charge in [0.2, 0.25) is 5.91 Å². The van der Waals surface area contributed by atoms with Crippen LogP contribution in [0.15, 0.2) is 0 Å². The molecule has 0 bridgehead atoms. The summed E-state index contributed by atoms with van der Waals surface area (Å²) in [5, 5.41) is 0. The lowest BCUT2D eigenvalue weighted by molar-refractivity contribution is -0.131. The summed E-state index contributed by atoms with van der Waals surface area (Å²) >= 11 is 0. The molecule has 2 unspecified atom stereocenters. The van der Waals surface area contributed by atoms with Crippen LogP contribution in [0.5, 0.6) is 0 Å². The van der Waals surface area contributed by atoms with Gasteiger partial charge in [0, 0.05) is 26.1 Å². The van der Waals surface area contributed by atoms with Gasteiger partial charge in [-0.2, -0.15) is 0 Å². The third-order valence-corrected chi connectivity index (χ3v) is 3.97. The Morgan fingerprint density at radius 3 is 2.11 bits per heavy atom. The van der Waals surface area contributed by atoms with E-state index in [0.717, 1.165) is 0 Å². The second kappa shape index (κ2) is 5.20. The number of nitrogens with zero attached hydrogens (tertiary/aromatic N) is 1. The zero-order chi connectivity index (χ0) is 14.1. The van der Waals surface area contributed by atoms with Crippen molar-refractivity contribution >= 4 is 5.91 Å². The van der Waals surface area contributed by atoms with Crippen molar-refractivity contribution in [2.75, 3.05) is 20.3 Å². The molecule has 0 aromatic rings. The Balaban J connectivity index is 3.00. The third-order valence-electron chi connectivity index (χ3n) is 3.97. The molecule has 0 saturated carbocycles. The first-order valence-corrected chi connectivity index (χ1v) is 6.87. The molecule has 1 aliphatic heterocycles. The fourth-order valence-corrected chi connectivity index (χ4v) is 3.09. The van der Waals surface area contributed by atoms with Gasteiger partial charge >= 0.3 is 0 Å². The topological polar surface area (TPSA) is 29.5 Å². The summed E-state index contributed by atoms with van der Waals surface area (Å²) in [6, 6.07) is 0.306. The Kier molecular flexibility index (Phi) is 4.47. The van der Waals surface area contributed by atoms with Crippen molar-refractivity contribution in [2.45, 2.75) is 54.0 Å². The molecule has 1 aliphatic rings. The van der Waals surface area contributed by atoms with E-state index >= 15 is 0 Å². The van der Waals surface area contributed by atoms with Crippen LogP contribution in [-0.2, 0) is 9.53 Å². The molecule has 2 atom stereocenters. The molecule has 1 amide bonds. The number of hydrogen-bond acceptors (Lipinski definition) is 2. The molecule has 1 fully saturated rings. The average molecular weight is 255 g/mol. The smallest absolute Gasteiger partial charge is 0.223 e. The Morgan fingerprint density at radius 2 is 1.72 bits per heavy atom. The number of likely N-dealkylation sites (tertiary alicyclic amines) is 1. The molecule has 0 aromatic carbocycles. The van der Waals surface area contributed by atoms with Gasteiger partial charge in [-0.1, -0.05) is 41.5 Å². The molecule has 3 heteroatoms. The highest BCUT2D eigenvalue weighted by molar-refractivity contribution is 5.79. The SMILES string of the molecule is COCCN1C(=O)CC(C(C)(C)C)C1C(C)(C)C. The minimum atomic E-state index is 0.109. The van der Waals surface area contributed by atoms with Gasteiger partial charge in [-0.3, -0.25) is 4.79 Å². The van der Waals surface area contributed by atoms with E-state index in [0.29, 0.717) is 31.5 Å². The number of hydrogen-bond donors (Lipinski definition) is 0. The number of rotatable bonds is 3. The lowest BCUT2D eigenvalue weighted by atomic mass is 9.69. The Morgan fingerprint density at radius 1 is 1.17 bits per heavy atom. The normalized spacial score (nSPS) is 25.9. The summed E-state index contributed by atoms with van der Waals surface area (Å²) in [6.07, 6.45) is 0.676. The van der Waals surface area contributed by atoms with Crippen LogP contribution in [0.3, 0.4) is 0 Å². The third kappa shape index (κ3) is 3.25. The average Bonchev–Trinajstić information content (AvgIpc) is 2.51. The molecule has 0 aliphatic carbocycles. The van der Waals surface area contributed by atoms with Crippen molar-refractivity contribution in [2.24, 2.45) is 16.7 Å². The van der Waals surface area contributed by atoms with Gasteiger partial charge in [-0.15, -0.1) is 0 Å². The number of carbonyl (C=O) groups is 1. The summed E-state index contributed by atoms with van der Waals surface area (Å²) in [6.45, 7) is 14.7. The number of carbonyl (C=O) groups excluding carboxylic acids is 1. The van der Waals surface area contributed by atoms with Gasteiger partial charge < -0.3 is 9.64 Å². The Labute approximate surface area is 112 Å². The van der Waals surface area contributed by atoms with E-state index in [1.54, 1.807) is 7.11 Å². The molecule has 1 heterocycles. The molecule has 106 valence electrons. The van der Waals surface area contributed by atoms with Crippen LogP contribution in [0.2, 0.25) is 0 Å². The second-order valence-electron chi connectivity index (χ2n) is 7.57. The first kappa shape index (κ1) is 15.5. The van der Waals surface area contributed by atoms with Gasteiger partial charge in [0.05, 0.1) is 6.61 Å². The molecule has 1 saturated heterocycles. The largest absolute Gasteiger partial charge is 0.383 e. The van der Waals surface area contributed by atoms with Crippen molar-refractivity contribution in [3.05, 3.63) is 0 Å².